The normalized spacial score (nSPS) is 11.6. The Kier molecular flexibility index (Phi) is 9.18. The molecule has 154 valence electrons. The fourth-order valence-corrected chi connectivity index (χ4v) is 3.76. The van der Waals surface area contributed by atoms with Crippen molar-refractivity contribution >= 4 is 22.9 Å². The molecule has 0 atom stereocenters. The average molecular weight is 501 g/mol. The third-order valence-corrected chi connectivity index (χ3v) is 6.01. The van der Waals surface area contributed by atoms with E-state index in [9.17, 15) is 0 Å². The van der Waals surface area contributed by atoms with Gasteiger partial charge in [-0.15, -0.1) is 0 Å². The van der Waals surface area contributed by atoms with Crippen molar-refractivity contribution in [1.29, 1.82) is 0 Å². The van der Waals surface area contributed by atoms with Crippen molar-refractivity contribution in [3.63, 3.8) is 0 Å². The van der Waals surface area contributed by atoms with Crippen LogP contribution in [-0.2, 0) is 0 Å². The highest BCUT2D eigenvalue weighted by atomic mass is 127. The van der Waals surface area contributed by atoms with E-state index in [1.165, 1.54) is 21.9 Å². The molecule has 0 aliphatic heterocycles. The quantitative estimate of drug-likeness (QED) is 0.249. The molecule has 0 saturated carbocycles. The number of likely N-dealkylation sites (N-methyl/N-ethyl adjacent to an activating group) is 1. The van der Waals surface area contributed by atoms with Crippen LogP contribution in [0.15, 0.2) is 66.7 Å². The van der Waals surface area contributed by atoms with Gasteiger partial charge in [-0.05, 0) is 54.8 Å². The summed E-state index contributed by atoms with van der Waals surface area (Å²) in [4.78, 5) is 0. The van der Waals surface area contributed by atoms with Gasteiger partial charge in [-0.3, -0.25) is 0 Å². The van der Waals surface area contributed by atoms with E-state index in [1.54, 1.807) is 0 Å². The Bertz CT molecular complexity index is 900. The Morgan fingerprint density at radius 3 is 2.10 bits per heavy atom. The third-order valence-electron chi connectivity index (χ3n) is 6.01. The van der Waals surface area contributed by atoms with Gasteiger partial charge in [0.05, 0.1) is 19.6 Å². The molecule has 0 amide bonds. The number of rotatable bonds is 9. The zero-order valence-corrected chi connectivity index (χ0v) is 19.9. The molecule has 0 radical (unpaired) electrons. The number of nitrogens with zero attached hydrogens (tertiary/aromatic N) is 1. The highest BCUT2D eigenvalue weighted by molar-refractivity contribution is 5.92. The first-order valence-corrected chi connectivity index (χ1v) is 10.4. The Morgan fingerprint density at radius 1 is 0.759 bits per heavy atom. The molecule has 3 aromatic carbocycles. The molecule has 0 bridgehead atoms. The van der Waals surface area contributed by atoms with Gasteiger partial charge >= 0.3 is 0 Å². The van der Waals surface area contributed by atoms with E-state index in [0.29, 0.717) is 0 Å². The van der Waals surface area contributed by atoms with Crippen molar-refractivity contribution in [2.75, 3.05) is 32.8 Å². The van der Waals surface area contributed by atoms with Gasteiger partial charge in [-0.2, -0.15) is 0 Å². The summed E-state index contributed by atoms with van der Waals surface area (Å²) in [6, 6.07) is 23.3. The summed E-state index contributed by atoms with van der Waals surface area (Å²) in [6.45, 7) is 12.1. The maximum Gasteiger partial charge on any atom is 0.137 e. The molecule has 0 aliphatic rings. The molecule has 0 fully saturated rings. The molecule has 0 unspecified atom stereocenters. The van der Waals surface area contributed by atoms with Crippen LogP contribution < -0.4 is 28.7 Å². The van der Waals surface area contributed by atoms with Crippen molar-refractivity contribution < 1.29 is 33.2 Å². The monoisotopic (exact) mass is 501 g/mol. The third kappa shape index (κ3) is 6.06. The van der Waals surface area contributed by atoms with Crippen LogP contribution in [0.5, 0.6) is 5.75 Å². The Hall–Kier alpha value is -1.85. The minimum Gasteiger partial charge on any atom is -1.00 e. The maximum atomic E-state index is 6.00. The molecule has 3 aromatic rings. The van der Waals surface area contributed by atoms with Crippen LogP contribution in [0.2, 0.25) is 0 Å². The van der Waals surface area contributed by atoms with Crippen LogP contribution in [-0.4, -0.2) is 37.3 Å². The summed E-state index contributed by atoms with van der Waals surface area (Å²) in [6.07, 6.45) is 4.35. The van der Waals surface area contributed by atoms with Gasteiger partial charge in [0.25, 0.3) is 0 Å². The molecule has 0 aliphatic carbocycles. The summed E-state index contributed by atoms with van der Waals surface area (Å²) in [5, 5.41) is 2.56. The second kappa shape index (κ2) is 11.4. The van der Waals surface area contributed by atoms with Crippen LogP contribution in [0.1, 0.15) is 31.9 Å². The lowest BCUT2D eigenvalue weighted by atomic mass is 10.0. The predicted octanol–water partition coefficient (Wildman–Crippen LogP) is 3.27. The number of benzene rings is 3. The van der Waals surface area contributed by atoms with Crippen molar-refractivity contribution in [1.82, 2.24) is 0 Å². The van der Waals surface area contributed by atoms with Gasteiger partial charge in [-0.1, -0.05) is 66.7 Å². The number of quaternary nitrogens is 1. The minimum atomic E-state index is 0. The highest BCUT2D eigenvalue weighted by Gasteiger charge is 2.20. The van der Waals surface area contributed by atoms with Crippen LogP contribution in [0.4, 0.5) is 0 Å². The van der Waals surface area contributed by atoms with Crippen LogP contribution in [0.3, 0.4) is 0 Å². The minimum absolute atomic E-state index is 0. The fraction of sp³-hybridized carbons (Fsp3) is 0.308. The van der Waals surface area contributed by atoms with Crippen molar-refractivity contribution in [3.8, 4) is 5.75 Å². The number of hydrogen-bond donors (Lipinski definition) is 0. The summed E-state index contributed by atoms with van der Waals surface area (Å²) in [5.41, 5.74) is 2.42. The standard InChI is InChI=1S/C26H32NO.HI/c1-4-27(5-2,6-3)20-21-28-25-18-15-22(16-19-25)14-17-24-12-9-11-23-10-7-8-13-26(23)24;/h7-19H,4-6,20-21H2,1-3H3;1H/q+1;/p-1/b17-14+;. The number of ether oxygens (including phenoxy) is 1. The zero-order valence-electron chi connectivity index (χ0n) is 17.8. The summed E-state index contributed by atoms with van der Waals surface area (Å²) in [7, 11) is 0. The Balaban J connectivity index is 0.00000300. The van der Waals surface area contributed by atoms with E-state index in [2.05, 4.69) is 99.7 Å². The van der Waals surface area contributed by atoms with Crippen LogP contribution in [0.25, 0.3) is 22.9 Å². The molecule has 3 rings (SSSR count). The molecule has 29 heavy (non-hydrogen) atoms. The van der Waals surface area contributed by atoms with E-state index < -0.39 is 0 Å². The Morgan fingerprint density at radius 2 is 1.41 bits per heavy atom. The molecule has 2 nitrogen and oxygen atoms in total. The number of hydrogen-bond acceptors (Lipinski definition) is 1. The lowest BCUT2D eigenvalue weighted by Crippen LogP contribution is -3.00. The van der Waals surface area contributed by atoms with E-state index in [0.717, 1.165) is 43.0 Å². The van der Waals surface area contributed by atoms with Gasteiger partial charge in [0.15, 0.2) is 0 Å². The fourth-order valence-electron chi connectivity index (χ4n) is 3.76. The second-order valence-electron chi connectivity index (χ2n) is 7.33. The van der Waals surface area contributed by atoms with E-state index in [4.69, 9.17) is 4.74 Å². The van der Waals surface area contributed by atoms with Crippen molar-refractivity contribution in [3.05, 3.63) is 77.9 Å². The summed E-state index contributed by atoms with van der Waals surface area (Å²) in [5.74, 6) is 0.948. The molecule has 0 heterocycles. The molecule has 0 aromatic heterocycles. The average Bonchev–Trinajstić information content (AvgIpc) is 2.76. The SMILES string of the molecule is CC[N+](CC)(CC)CCOc1ccc(/C=C/c2cccc3ccccc23)cc1.[I-]. The van der Waals surface area contributed by atoms with Gasteiger partial charge in [0.2, 0.25) is 0 Å². The topological polar surface area (TPSA) is 9.23 Å². The highest BCUT2D eigenvalue weighted by Crippen LogP contribution is 2.21. The van der Waals surface area contributed by atoms with Crippen LogP contribution in [0, 0.1) is 0 Å². The van der Waals surface area contributed by atoms with Gasteiger partial charge in [0.1, 0.15) is 18.9 Å². The van der Waals surface area contributed by atoms with E-state index in [1.807, 2.05) is 0 Å². The predicted molar refractivity (Wildman–Crippen MR) is 122 cm³/mol. The molecule has 0 N–H and O–H groups in total. The Labute approximate surface area is 192 Å². The molecule has 3 heteroatoms. The second-order valence-corrected chi connectivity index (χ2v) is 7.33. The van der Waals surface area contributed by atoms with E-state index in [-0.39, 0.29) is 24.0 Å². The van der Waals surface area contributed by atoms with E-state index >= 15 is 0 Å². The molecular formula is C26H32INO. The lowest BCUT2D eigenvalue weighted by Gasteiger charge is -2.35. The summed E-state index contributed by atoms with van der Waals surface area (Å²) < 4.78 is 7.12. The molecule has 0 spiro atoms. The van der Waals surface area contributed by atoms with Crippen molar-refractivity contribution in [2.24, 2.45) is 0 Å². The molecule has 0 saturated heterocycles. The number of halogens is 1. The summed E-state index contributed by atoms with van der Waals surface area (Å²) >= 11 is 0. The lowest BCUT2D eigenvalue weighted by molar-refractivity contribution is -0.923. The zero-order chi connectivity index (χ0) is 19.8. The van der Waals surface area contributed by atoms with Gasteiger partial charge < -0.3 is 33.2 Å². The van der Waals surface area contributed by atoms with Crippen LogP contribution >= 0.6 is 0 Å². The smallest absolute Gasteiger partial charge is 0.137 e. The first kappa shape index (κ1) is 23.4. The van der Waals surface area contributed by atoms with Gasteiger partial charge in [0, 0.05) is 0 Å². The largest absolute Gasteiger partial charge is 1.00 e. The maximum absolute atomic E-state index is 6.00. The first-order valence-electron chi connectivity index (χ1n) is 10.4. The molecular weight excluding hydrogens is 469 g/mol. The number of fused-ring (bicyclic) bond motifs is 1. The van der Waals surface area contributed by atoms with Crippen molar-refractivity contribution in [2.45, 2.75) is 20.8 Å². The first-order chi connectivity index (χ1) is 13.7. The van der Waals surface area contributed by atoms with Gasteiger partial charge in [-0.25, -0.2) is 0 Å².